The minimum atomic E-state index is -0.149. The highest BCUT2D eigenvalue weighted by Gasteiger charge is 2.20. The van der Waals surface area contributed by atoms with Crippen molar-refractivity contribution < 1.29 is 4.39 Å². The van der Waals surface area contributed by atoms with Crippen LogP contribution in [0.2, 0.25) is 0 Å². The molecule has 0 atom stereocenters. The molecule has 1 aromatic heterocycles. The molecule has 0 unspecified atom stereocenters. The second kappa shape index (κ2) is 4.86. The highest BCUT2D eigenvalue weighted by molar-refractivity contribution is 5.62. The molecular weight excluding hydrogens is 227 g/mol. The van der Waals surface area contributed by atoms with Crippen LogP contribution in [-0.2, 0) is 6.54 Å². The molecule has 18 heavy (non-hydrogen) atoms. The van der Waals surface area contributed by atoms with Crippen molar-refractivity contribution in [1.82, 2.24) is 10.3 Å². The first-order chi connectivity index (χ1) is 8.83. The first-order valence-corrected chi connectivity index (χ1v) is 6.25. The van der Waals surface area contributed by atoms with Gasteiger partial charge in [-0.05, 0) is 30.5 Å². The van der Waals surface area contributed by atoms with E-state index in [2.05, 4.69) is 10.3 Å². The van der Waals surface area contributed by atoms with E-state index in [9.17, 15) is 4.39 Å². The third-order valence-corrected chi connectivity index (χ3v) is 3.21. The summed E-state index contributed by atoms with van der Waals surface area (Å²) < 4.78 is 13.9. The lowest BCUT2D eigenvalue weighted by atomic mass is 10.1. The summed E-state index contributed by atoms with van der Waals surface area (Å²) in [5, 5.41) is 3.32. The second-order valence-electron chi connectivity index (χ2n) is 4.70. The van der Waals surface area contributed by atoms with Crippen molar-refractivity contribution in [2.45, 2.75) is 25.4 Å². The highest BCUT2D eigenvalue weighted by Crippen LogP contribution is 2.23. The Balaban J connectivity index is 1.79. The van der Waals surface area contributed by atoms with Crippen LogP contribution in [0.25, 0.3) is 11.1 Å². The normalized spacial score (nSPS) is 14.7. The summed E-state index contributed by atoms with van der Waals surface area (Å²) in [6.45, 7) is 0.615. The van der Waals surface area contributed by atoms with Crippen LogP contribution >= 0.6 is 0 Å². The monoisotopic (exact) mass is 242 g/mol. The van der Waals surface area contributed by atoms with Crippen LogP contribution in [0.3, 0.4) is 0 Å². The van der Waals surface area contributed by atoms with E-state index in [0.29, 0.717) is 12.6 Å². The van der Waals surface area contributed by atoms with E-state index < -0.39 is 0 Å². The minimum absolute atomic E-state index is 0.149. The highest BCUT2D eigenvalue weighted by atomic mass is 19.1. The molecule has 1 aliphatic rings. The van der Waals surface area contributed by atoms with Gasteiger partial charge in [0, 0.05) is 36.1 Å². The van der Waals surface area contributed by atoms with Crippen molar-refractivity contribution in [1.29, 1.82) is 0 Å². The lowest BCUT2D eigenvalue weighted by Gasteiger charge is -2.07. The first kappa shape index (κ1) is 11.4. The van der Waals surface area contributed by atoms with Gasteiger partial charge in [0.1, 0.15) is 5.82 Å². The van der Waals surface area contributed by atoms with Gasteiger partial charge in [-0.1, -0.05) is 18.2 Å². The Bertz CT molecular complexity index is 535. The van der Waals surface area contributed by atoms with Gasteiger partial charge in [0.25, 0.3) is 0 Å². The molecule has 92 valence electrons. The average Bonchev–Trinajstić information content (AvgIpc) is 3.22. The Morgan fingerprint density at radius 1 is 1.22 bits per heavy atom. The zero-order chi connectivity index (χ0) is 12.4. The maximum Gasteiger partial charge on any atom is 0.128 e. The molecule has 1 heterocycles. The SMILES string of the molecule is Fc1cc(-c2cccnc2)ccc1CNC1CC1. The van der Waals surface area contributed by atoms with Crippen LogP contribution < -0.4 is 5.32 Å². The molecule has 0 spiro atoms. The lowest BCUT2D eigenvalue weighted by Crippen LogP contribution is -2.16. The summed E-state index contributed by atoms with van der Waals surface area (Å²) in [6, 6.07) is 9.78. The Morgan fingerprint density at radius 2 is 2.11 bits per heavy atom. The summed E-state index contributed by atoms with van der Waals surface area (Å²) in [5.41, 5.74) is 2.54. The topological polar surface area (TPSA) is 24.9 Å². The molecule has 3 rings (SSSR count). The fraction of sp³-hybridized carbons (Fsp3) is 0.267. The maximum absolute atomic E-state index is 13.9. The van der Waals surface area contributed by atoms with Gasteiger partial charge in [-0.3, -0.25) is 4.98 Å². The van der Waals surface area contributed by atoms with Gasteiger partial charge in [-0.2, -0.15) is 0 Å². The Kier molecular flexibility index (Phi) is 3.07. The molecule has 1 fully saturated rings. The summed E-state index contributed by atoms with van der Waals surface area (Å²) in [6.07, 6.45) is 5.90. The third-order valence-electron chi connectivity index (χ3n) is 3.21. The minimum Gasteiger partial charge on any atom is -0.310 e. The number of nitrogens with one attached hydrogen (secondary N) is 1. The van der Waals surface area contributed by atoms with Gasteiger partial charge in [0.2, 0.25) is 0 Å². The summed E-state index contributed by atoms with van der Waals surface area (Å²) in [7, 11) is 0. The van der Waals surface area contributed by atoms with Crippen molar-refractivity contribution in [3.05, 3.63) is 54.1 Å². The van der Waals surface area contributed by atoms with E-state index >= 15 is 0 Å². The zero-order valence-electron chi connectivity index (χ0n) is 10.1. The molecule has 1 aromatic carbocycles. The number of halogens is 1. The zero-order valence-corrected chi connectivity index (χ0v) is 10.1. The number of benzene rings is 1. The number of hydrogen-bond donors (Lipinski definition) is 1. The maximum atomic E-state index is 13.9. The van der Waals surface area contributed by atoms with Gasteiger partial charge in [-0.15, -0.1) is 0 Å². The third kappa shape index (κ3) is 2.57. The van der Waals surface area contributed by atoms with Gasteiger partial charge in [0.15, 0.2) is 0 Å². The fourth-order valence-corrected chi connectivity index (χ4v) is 1.95. The smallest absolute Gasteiger partial charge is 0.128 e. The van der Waals surface area contributed by atoms with Crippen LogP contribution in [0.1, 0.15) is 18.4 Å². The van der Waals surface area contributed by atoms with Gasteiger partial charge in [-0.25, -0.2) is 4.39 Å². The standard InChI is InChI=1S/C15H15FN2/c16-15-8-11(12-2-1-7-17-9-12)3-4-13(15)10-18-14-5-6-14/h1-4,7-9,14,18H,5-6,10H2. The van der Waals surface area contributed by atoms with Crippen molar-refractivity contribution in [2.75, 3.05) is 0 Å². The molecule has 2 nitrogen and oxygen atoms in total. The molecule has 0 aliphatic heterocycles. The van der Waals surface area contributed by atoms with Crippen molar-refractivity contribution in [2.24, 2.45) is 0 Å². The molecule has 1 N–H and O–H groups in total. The molecular formula is C15H15FN2. The van der Waals surface area contributed by atoms with E-state index in [1.165, 1.54) is 12.8 Å². The first-order valence-electron chi connectivity index (χ1n) is 6.25. The van der Waals surface area contributed by atoms with E-state index in [4.69, 9.17) is 0 Å². The predicted molar refractivity (Wildman–Crippen MR) is 69.5 cm³/mol. The predicted octanol–water partition coefficient (Wildman–Crippen LogP) is 3.14. The average molecular weight is 242 g/mol. The van der Waals surface area contributed by atoms with E-state index in [0.717, 1.165) is 16.7 Å². The Labute approximate surface area is 106 Å². The lowest BCUT2D eigenvalue weighted by molar-refractivity contribution is 0.587. The van der Waals surface area contributed by atoms with Gasteiger partial charge in [0.05, 0.1) is 0 Å². The van der Waals surface area contributed by atoms with Crippen LogP contribution in [0.5, 0.6) is 0 Å². The van der Waals surface area contributed by atoms with Crippen LogP contribution in [0, 0.1) is 5.82 Å². The number of aromatic nitrogens is 1. The second-order valence-corrected chi connectivity index (χ2v) is 4.70. The van der Waals surface area contributed by atoms with Crippen LogP contribution in [0.15, 0.2) is 42.7 Å². The molecule has 0 radical (unpaired) electrons. The van der Waals surface area contributed by atoms with Crippen LogP contribution in [0.4, 0.5) is 4.39 Å². The fourth-order valence-electron chi connectivity index (χ4n) is 1.95. The van der Waals surface area contributed by atoms with Crippen molar-refractivity contribution in [3.8, 4) is 11.1 Å². The molecule has 0 bridgehead atoms. The molecule has 2 aromatic rings. The van der Waals surface area contributed by atoms with Crippen molar-refractivity contribution >= 4 is 0 Å². The molecule has 3 heteroatoms. The Morgan fingerprint density at radius 3 is 2.78 bits per heavy atom. The quantitative estimate of drug-likeness (QED) is 0.891. The van der Waals surface area contributed by atoms with E-state index in [1.807, 2.05) is 24.3 Å². The molecule has 0 amide bonds. The van der Waals surface area contributed by atoms with Gasteiger partial charge >= 0.3 is 0 Å². The Hall–Kier alpha value is -1.74. The number of nitrogens with zero attached hydrogens (tertiary/aromatic N) is 1. The molecule has 1 aliphatic carbocycles. The summed E-state index contributed by atoms with van der Waals surface area (Å²) >= 11 is 0. The van der Waals surface area contributed by atoms with Crippen molar-refractivity contribution in [3.63, 3.8) is 0 Å². The van der Waals surface area contributed by atoms with E-state index in [-0.39, 0.29) is 5.82 Å². The van der Waals surface area contributed by atoms with E-state index in [1.54, 1.807) is 18.5 Å². The summed E-state index contributed by atoms with van der Waals surface area (Å²) in [4.78, 5) is 4.05. The largest absolute Gasteiger partial charge is 0.310 e. The van der Waals surface area contributed by atoms with Crippen LogP contribution in [-0.4, -0.2) is 11.0 Å². The molecule has 0 saturated heterocycles. The van der Waals surface area contributed by atoms with Gasteiger partial charge < -0.3 is 5.32 Å². The number of hydrogen-bond acceptors (Lipinski definition) is 2. The summed E-state index contributed by atoms with van der Waals surface area (Å²) in [5.74, 6) is -0.149. The number of rotatable bonds is 4. The molecule has 1 saturated carbocycles. The number of pyridine rings is 1.